The molecule has 1 heterocycles. The number of terminal acetylenes is 1. The van der Waals surface area contributed by atoms with Gasteiger partial charge in [0.15, 0.2) is 0 Å². The molecule has 1 unspecified atom stereocenters. The van der Waals surface area contributed by atoms with Gasteiger partial charge in [0.2, 0.25) is 0 Å². The van der Waals surface area contributed by atoms with E-state index >= 15 is 0 Å². The summed E-state index contributed by atoms with van der Waals surface area (Å²) in [5, 5.41) is 4.89. The third kappa shape index (κ3) is 4.25. The van der Waals surface area contributed by atoms with Crippen molar-refractivity contribution in [2.75, 3.05) is 19.3 Å². The standard InChI is InChI=1S/C20H21ClN3O3S/c1-4-14(2)13-17(24(3)11-12-28(25)26)18-22-19(23-27-18)20(9-10-20)15-7-5-6-8-16(15)21/h1,5-8,13-14H,9-12H2,2-3H3/q+1/b17-13-. The van der Waals surface area contributed by atoms with E-state index < -0.39 is 10.5 Å². The maximum atomic E-state index is 10.9. The summed E-state index contributed by atoms with van der Waals surface area (Å²) in [6.45, 7) is 2.15. The zero-order valence-electron chi connectivity index (χ0n) is 15.7. The van der Waals surface area contributed by atoms with E-state index in [1.54, 1.807) is 11.9 Å². The molecule has 146 valence electrons. The summed E-state index contributed by atoms with van der Waals surface area (Å²) >= 11 is 6.39. The second kappa shape index (κ2) is 8.39. The first-order valence-electron chi connectivity index (χ1n) is 8.92. The molecular formula is C20H21ClN3O3S+. The molecule has 3 rings (SSSR count). The van der Waals surface area contributed by atoms with Gasteiger partial charge < -0.3 is 0 Å². The van der Waals surface area contributed by atoms with Crippen LogP contribution in [0.1, 0.15) is 37.0 Å². The fourth-order valence-electron chi connectivity index (χ4n) is 3.09. The van der Waals surface area contributed by atoms with Crippen molar-refractivity contribution < 1.29 is 12.8 Å². The van der Waals surface area contributed by atoms with Crippen molar-refractivity contribution in [3.63, 3.8) is 0 Å². The van der Waals surface area contributed by atoms with Crippen molar-refractivity contribution in [3.05, 3.63) is 52.6 Å². The van der Waals surface area contributed by atoms with Gasteiger partial charge in [-0.25, -0.2) is 0 Å². The number of allylic oxidation sites excluding steroid dienone is 1. The van der Waals surface area contributed by atoms with Crippen LogP contribution in [0.5, 0.6) is 0 Å². The molecule has 0 radical (unpaired) electrons. The Morgan fingerprint density at radius 1 is 1.54 bits per heavy atom. The first-order valence-corrected chi connectivity index (χ1v) is 10.5. The second-order valence-corrected chi connectivity index (χ2v) is 8.34. The monoisotopic (exact) mass is 418 g/mol. The summed E-state index contributed by atoms with van der Waals surface area (Å²) < 4.78 is 27.4. The molecular weight excluding hydrogens is 398 g/mol. The van der Waals surface area contributed by atoms with Crippen LogP contribution in [-0.2, 0) is 20.0 Å². The predicted octanol–water partition coefficient (Wildman–Crippen LogP) is 3.44. The van der Waals surface area contributed by atoms with Gasteiger partial charge in [0.05, 0.1) is 0 Å². The van der Waals surface area contributed by atoms with Crippen molar-refractivity contribution >= 4 is 27.8 Å². The average Bonchev–Trinajstić information content (AvgIpc) is 3.33. The minimum atomic E-state index is -2.14. The molecule has 1 fully saturated rings. The van der Waals surface area contributed by atoms with E-state index in [9.17, 15) is 8.25 Å². The number of nitrogens with zero attached hydrogens (tertiary/aromatic N) is 3. The normalized spacial score (nSPS) is 16.2. The molecule has 1 saturated carbocycles. The van der Waals surface area contributed by atoms with Crippen LogP contribution in [-0.4, -0.2) is 38.6 Å². The SMILES string of the molecule is C#CC(C)/C=C(/c1nc(C2(c3ccccc3Cl)CC2)no1)N(C)CCS(=O)#[O+]. The first-order chi connectivity index (χ1) is 13.4. The van der Waals surface area contributed by atoms with Crippen molar-refractivity contribution in [2.45, 2.75) is 25.2 Å². The van der Waals surface area contributed by atoms with E-state index in [1.165, 1.54) is 0 Å². The van der Waals surface area contributed by atoms with Gasteiger partial charge in [-0.3, -0.25) is 0 Å². The van der Waals surface area contributed by atoms with Gasteiger partial charge in [-0.1, -0.05) is 6.07 Å². The van der Waals surface area contributed by atoms with Crippen LogP contribution in [0.2, 0.25) is 5.02 Å². The molecule has 0 N–H and O–H groups in total. The Labute approximate surface area is 171 Å². The van der Waals surface area contributed by atoms with Gasteiger partial charge in [0, 0.05) is 0 Å². The van der Waals surface area contributed by atoms with E-state index in [4.69, 9.17) is 22.5 Å². The molecule has 0 saturated heterocycles. The Morgan fingerprint density at radius 2 is 2.25 bits per heavy atom. The maximum absolute atomic E-state index is 10.9. The zero-order valence-corrected chi connectivity index (χ0v) is 17.3. The molecule has 0 spiro atoms. The Kier molecular flexibility index (Phi) is 6.14. The summed E-state index contributed by atoms with van der Waals surface area (Å²) in [6.07, 6.45) is 9.10. The van der Waals surface area contributed by atoms with Crippen molar-refractivity contribution in [3.8, 4) is 12.3 Å². The number of hydrogen-bond acceptors (Lipinski definition) is 5. The Morgan fingerprint density at radius 3 is 2.86 bits per heavy atom. The van der Waals surface area contributed by atoms with Crippen LogP contribution < -0.4 is 0 Å². The molecule has 8 heteroatoms. The third-order valence-electron chi connectivity index (χ3n) is 4.89. The van der Waals surface area contributed by atoms with Crippen LogP contribution in [0.3, 0.4) is 0 Å². The fourth-order valence-corrected chi connectivity index (χ4v) is 3.83. The summed E-state index contributed by atoms with van der Waals surface area (Å²) in [4.78, 5) is 6.39. The number of halogens is 1. The van der Waals surface area contributed by atoms with E-state index in [0.717, 1.165) is 18.4 Å². The molecule has 1 atom stereocenters. The van der Waals surface area contributed by atoms with Gasteiger partial charge in [-0.15, -0.1) is 0 Å². The van der Waals surface area contributed by atoms with Crippen LogP contribution in [0.25, 0.3) is 5.70 Å². The summed E-state index contributed by atoms with van der Waals surface area (Å²) in [5.41, 5.74) is 1.27. The average molecular weight is 419 g/mol. The van der Waals surface area contributed by atoms with Gasteiger partial charge in [-0.2, -0.15) is 0 Å². The zero-order chi connectivity index (χ0) is 20.3. The number of benzene rings is 1. The van der Waals surface area contributed by atoms with E-state index in [0.29, 0.717) is 22.4 Å². The topological polar surface area (TPSA) is 79.1 Å². The fraction of sp³-hybridized carbons (Fsp3) is 0.400. The number of rotatable bonds is 7. The summed E-state index contributed by atoms with van der Waals surface area (Å²) in [6, 6.07) is 7.67. The molecule has 2 aromatic rings. The van der Waals surface area contributed by atoms with Crippen LogP contribution >= 0.6 is 11.6 Å². The Bertz CT molecular complexity index is 1060. The van der Waals surface area contributed by atoms with Crippen LogP contribution in [0, 0.1) is 18.3 Å². The van der Waals surface area contributed by atoms with Crippen molar-refractivity contribution in [1.29, 1.82) is 0 Å². The first kappa shape index (κ1) is 20.5. The van der Waals surface area contributed by atoms with Gasteiger partial charge >= 0.3 is 165 Å². The number of hydrogen-bond donors (Lipinski definition) is 0. The Balaban J connectivity index is 1.94. The second-order valence-electron chi connectivity index (χ2n) is 6.92. The number of aromatic nitrogens is 2. The van der Waals surface area contributed by atoms with Crippen molar-refractivity contribution in [1.82, 2.24) is 15.0 Å². The minimum absolute atomic E-state index is 0.0111. The molecule has 0 amide bonds. The molecule has 1 aliphatic carbocycles. The van der Waals surface area contributed by atoms with E-state index in [2.05, 4.69) is 16.1 Å². The molecule has 1 aromatic heterocycles. The van der Waals surface area contributed by atoms with E-state index in [1.807, 2.05) is 37.3 Å². The summed E-state index contributed by atoms with van der Waals surface area (Å²) in [7, 11) is -0.370. The molecule has 0 bridgehead atoms. The Hall–Kier alpha value is -2.27. The third-order valence-corrected chi connectivity index (χ3v) is 5.73. The molecule has 6 nitrogen and oxygen atoms in total. The molecule has 1 aliphatic rings. The quantitative estimate of drug-likeness (QED) is 0.508. The molecule has 1 aromatic carbocycles. The van der Waals surface area contributed by atoms with Gasteiger partial charge in [0.1, 0.15) is 0 Å². The molecule has 0 aliphatic heterocycles. The predicted molar refractivity (Wildman–Crippen MR) is 108 cm³/mol. The molecule has 28 heavy (non-hydrogen) atoms. The summed E-state index contributed by atoms with van der Waals surface area (Å²) in [5.74, 6) is 3.34. The van der Waals surface area contributed by atoms with Crippen LogP contribution in [0.4, 0.5) is 0 Å². The van der Waals surface area contributed by atoms with E-state index in [-0.39, 0.29) is 23.6 Å². The van der Waals surface area contributed by atoms with Crippen LogP contribution in [0.15, 0.2) is 34.9 Å². The van der Waals surface area contributed by atoms with Gasteiger partial charge in [-0.05, 0) is 0 Å². The van der Waals surface area contributed by atoms with Crippen molar-refractivity contribution in [2.24, 2.45) is 5.92 Å². The van der Waals surface area contributed by atoms with Gasteiger partial charge in [0.25, 0.3) is 0 Å².